The molecule has 2 aromatic rings. The fraction of sp³-hybridized carbons (Fsp3) is 0.556. The number of alkyl halides is 2. The highest BCUT2D eigenvalue weighted by Gasteiger charge is 2.37. The third kappa shape index (κ3) is 3.57. The third-order valence-electron chi connectivity index (χ3n) is 4.84. The van der Waals surface area contributed by atoms with Crippen LogP contribution in [0.5, 0.6) is 5.75 Å². The number of ether oxygens (including phenoxy) is 1. The van der Waals surface area contributed by atoms with Gasteiger partial charge in [0.15, 0.2) is 5.69 Å². The number of halogens is 2. The lowest BCUT2D eigenvalue weighted by Gasteiger charge is -2.15. The summed E-state index contributed by atoms with van der Waals surface area (Å²) in [5.41, 5.74) is -0.810. The van der Waals surface area contributed by atoms with E-state index in [0.29, 0.717) is 29.1 Å². The summed E-state index contributed by atoms with van der Waals surface area (Å²) in [7, 11) is 1.50. The first-order chi connectivity index (χ1) is 11.4. The second kappa shape index (κ2) is 6.49. The molecule has 1 N–H and O–H groups in total. The van der Waals surface area contributed by atoms with Crippen molar-refractivity contribution in [1.82, 2.24) is 9.97 Å². The van der Waals surface area contributed by atoms with Crippen LogP contribution in [0.4, 0.5) is 8.78 Å². The predicted octanol–water partition coefficient (Wildman–Crippen LogP) is 4.24. The average molecular weight is 336 g/mol. The standard InChI is InChI=1S/C18H22F2N2O2/c1-11-9-12(11)5-3-4-8-18(19,20)16-17(23)22-15-10-13(24-2)6-7-14(15)21-16/h6-7,10-12H,3-5,8-9H2,1-2H3,(H,22,23)/t11?,12-/m1/s1. The largest absolute Gasteiger partial charge is 0.497 e. The lowest BCUT2D eigenvalue weighted by atomic mass is 10.0. The van der Waals surface area contributed by atoms with Crippen molar-refractivity contribution < 1.29 is 13.5 Å². The molecule has 24 heavy (non-hydrogen) atoms. The van der Waals surface area contributed by atoms with Gasteiger partial charge in [-0.05, 0) is 36.8 Å². The summed E-state index contributed by atoms with van der Waals surface area (Å²) in [6.07, 6.45) is 3.04. The van der Waals surface area contributed by atoms with E-state index in [2.05, 4.69) is 16.9 Å². The first-order valence-corrected chi connectivity index (χ1v) is 8.37. The molecule has 1 aromatic carbocycles. The lowest BCUT2D eigenvalue weighted by Crippen LogP contribution is -2.27. The third-order valence-corrected chi connectivity index (χ3v) is 4.84. The summed E-state index contributed by atoms with van der Waals surface area (Å²) >= 11 is 0. The number of benzene rings is 1. The number of fused-ring (bicyclic) bond motifs is 1. The van der Waals surface area contributed by atoms with Gasteiger partial charge in [-0.3, -0.25) is 4.79 Å². The summed E-state index contributed by atoms with van der Waals surface area (Å²) in [6.45, 7) is 2.19. The second-order valence-corrected chi connectivity index (χ2v) is 6.72. The molecule has 0 aliphatic heterocycles. The number of aromatic amines is 1. The molecule has 2 atom stereocenters. The minimum Gasteiger partial charge on any atom is -0.497 e. The SMILES string of the molecule is COc1ccc2nc(C(F)(F)CCCC[C@@H]3CC3C)c(=O)[nH]c2c1. The van der Waals surface area contributed by atoms with Gasteiger partial charge in [-0.2, -0.15) is 8.78 Å². The Kier molecular flexibility index (Phi) is 4.56. The fourth-order valence-electron chi connectivity index (χ4n) is 3.11. The van der Waals surface area contributed by atoms with E-state index < -0.39 is 17.2 Å². The molecule has 6 heteroatoms. The van der Waals surface area contributed by atoms with Crippen LogP contribution in [0.25, 0.3) is 11.0 Å². The van der Waals surface area contributed by atoms with Gasteiger partial charge in [-0.15, -0.1) is 0 Å². The Morgan fingerprint density at radius 3 is 2.79 bits per heavy atom. The number of hydrogen-bond acceptors (Lipinski definition) is 3. The van der Waals surface area contributed by atoms with Crippen molar-refractivity contribution in [3.63, 3.8) is 0 Å². The first-order valence-electron chi connectivity index (χ1n) is 8.37. The van der Waals surface area contributed by atoms with Crippen LogP contribution >= 0.6 is 0 Å². The predicted molar refractivity (Wildman–Crippen MR) is 88.5 cm³/mol. The first kappa shape index (κ1) is 16.9. The number of nitrogens with one attached hydrogen (secondary N) is 1. The van der Waals surface area contributed by atoms with Gasteiger partial charge in [0.2, 0.25) is 0 Å². The summed E-state index contributed by atoms with van der Waals surface area (Å²) in [4.78, 5) is 18.4. The number of H-pyrrole nitrogens is 1. The summed E-state index contributed by atoms with van der Waals surface area (Å²) < 4.78 is 33.9. The highest BCUT2D eigenvalue weighted by Crippen LogP contribution is 2.42. The summed E-state index contributed by atoms with van der Waals surface area (Å²) in [6, 6.07) is 4.77. The van der Waals surface area contributed by atoms with E-state index in [0.717, 1.165) is 18.8 Å². The molecule has 130 valence electrons. The number of nitrogens with zero attached hydrogens (tertiary/aromatic N) is 1. The van der Waals surface area contributed by atoms with E-state index in [1.165, 1.54) is 13.5 Å². The molecule has 3 rings (SSSR count). The van der Waals surface area contributed by atoms with Gasteiger partial charge in [-0.1, -0.05) is 19.8 Å². The maximum Gasteiger partial charge on any atom is 0.295 e. The van der Waals surface area contributed by atoms with Crippen LogP contribution in [0.15, 0.2) is 23.0 Å². The normalized spacial score (nSPS) is 20.3. The molecule has 1 unspecified atom stereocenters. The zero-order chi connectivity index (χ0) is 17.3. The Balaban J connectivity index is 1.73. The molecule has 0 radical (unpaired) electrons. The van der Waals surface area contributed by atoms with Gasteiger partial charge >= 0.3 is 0 Å². The topological polar surface area (TPSA) is 55.0 Å². The Morgan fingerprint density at radius 1 is 1.38 bits per heavy atom. The number of hydrogen-bond donors (Lipinski definition) is 1. The zero-order valence-electron chi connectivity index (χ0n) is 13.9. The van der Waals surface area contributed by atoms with Crippen LogP contribution < -0.4 is 10.3 Å². The smallest absolute Gasteiger partial charge is 0.295 e. The number of rotatable bonds is 7. The molecule has 1 aromatic heterocycles. The van der Waals surface area contributed by atoms with Crippen molar-refractivity contribution in [3.05, 3.63) is 34.2 Å². The van der Waals surface area contributed by atoms with E-state index in [4.69, 9.17) is 4.74 Å². The molecule has 1 fully saturated rings. The monoisotopic (exact) mass is 336 g/mol. The molecule has 1 aliphatic rings. The van der Waals surface area contributed by atoms with Crippen molar-refractivity contribution in [1.29, 1.82) is 0 Å². The Bertz CT molecular complexity index is 788. The number of aromatic nitrogens is 2. The van der Waals surface area contributed by atoms with Gasteiger partial charge < -0.3 is 9.72 Å². The van der Waals surface area contributed by atoms with Crippen LogP contribution in [-0.2, 0) is 5.92 Å². The maximum absolute atomic E-state index is 14.4. The van der Waals surface area contributed by atoms with E-state index in [-0.39, 0.29) is 6.42 Å². The van der Waals surface area contributed by atoms with Crippen molar-refractivity contribution in [3.8, 4) is 5.75 Å². The van der Waals surface area contributed by atoms with Crippen molar-refractivity contribution in [2.75, 3.05) is 7.11 Å². The van der Waals surface area contributed by atoms with Crippen LogP contribution in [0.3, 0.4) is 0 Å². The molecule has 1 aliphatic carbocycles. The number of unbranched alkanes of at least 4 members (excludes halogenated alkanes) is 1. The molecular weight excluding hydrogens is 314 g/mol. The molecule has 0 spiro atoms. The zero-order valence-corrected chi connectivity index (χ0v) is 13.9. The highest BCUT2D eigenvalue weighted by molar-refractivity contribution is 5.75. The van der Waals surface area contributed by atoms with Gasteiger partial charge in [0.05, 0.1) is 18.1 Å². The molecule has 0 amide bonds. The second-order valence-electron chi connectivity index (χ2n) is 6.72. The minimum absolute atomic E-state index is 0.330. The summed E-state index contributed by atoms with van der Waals surface area (Å²) in [5, 5.41) is 0. The Hall–Kier alpha value is -1.98. The van der Waals surface area contributed by atoms with E-state index in [1.54, 1.807) is 18.2 Å². The van der Waals surface area contributed by atoms with Gasteiger partial charge in [-0.25, -0.2) is 4.98 Å². The quantitative estimate of drug-likeness (QED) is 0.770. The molecule has 1 saturated carbocycles. The molecule has 0 saturated heterocycles. The van der Waals surface area contributed by atoms with E-state index in [1.807, 2.05) is 0 Å². The van der Waals surface area contributed by atoms with Gasteiger partial charge in [0, 0.05) is 12.5 Å². The molecule has 0 bridgehead atoms. The van der Waals surface area contributed by atoms with Crippen LogP contribution in [0, 0.1) is 11.8 Å². The summed E-state index contributed by atoms with van der Waals surface area (Å²) in [5.74, 6) is -1.23. The van der Waals surface area contributed by atoms with E-state index in [9.17, 15) is 13.6 Å². The average Bonchev–Trinajstić information content (AvgIpc) is 3.25. The van der Waals surface area contributed by atoms with Crippen LogP contribution in [0.2, 0.25) is 0 Å². The highest BCUT2D eigenvalue weighted by atomic mass is 19.3. The fourth-order valence-corrected chi connectivity index (χ4v) is 3.11. The molecule has 1 heterocycles. The molecule has 4 nitrogen and oxygen atoms in total. The van der Waals surface area contributed by atoms with Crippen molar-refractivity contribution >= 4 is 11.0 Å². The Labute approximate surface area is 139 Å². The maximum atomic E-state index is 14.4. The van der Waals surface area contributed by atoms with Gasteiger partial charge in [0.1, 0.15) is 5.75 Å². The number of methoxy groups -OCH3 is 1. The molecular formula is C18H22F2N2O2. The van der Waals surface area contributed by atoms with E-state index >= 15 is 0 Å². The lowest BCUT2D eigenvalue weighted by molar-refractivity contribution is -0.0214. The Morgan fingerprint density at radius 2 is 2.12 bits per heavy atom. The van der Waals surface area contributed by atoms with Crippen LogP contribution in [-0.4, -0.2) is 17.1 Å². The van der Waals surface area contributed by atoms with Gasteiger partial charge in [0.25, 0.3) is 11.5 Å². The van der Waals surface area contributed by atoms with Crippen molar-refractivity contribution in [2.45, 2.75) is 45.0 Å². The minimum atomic E-state index is -3.21. The van der Waals surface area contributed by atoms with Crippen LogP contribution in [0.1, 0.15) is 44.7 Å². The van der Waals surface area contributed by atoms with Crippen molar-refractivity contribution in [2.24, 2.45) is 11.8 Å².